The molecule has 0 N–H and O–H groups in total. The predicted octanol–water partition coefficient (Wildman–Crippen LogP) is 2.97. The van der Waals surface area contributed by atoms with E-state index in [1.165, 1.54) is 36.3 Å². The lowest BCUT2D eigenvalue weighted by molar-refractivity contribution is -0.140. The lowest BCUT2D eigenvalue weighted by atomic mass is 10.2. The number of halogens is 1. The number of carbonyl (C=O) groups excluding carboxylic acids is 2. The third-order valence-electron chi connectivity index (χ3n) is 3.07. The van der Waals surface area contributed by atoms with E-state index in [2.05, 4.69) is 4.74 Å². The number of thiophene rings is 1. The number of rotatable bonds is 5. The molecule has 7 heteroatoms. The van der Waals surface area contributed by atoms with Crippen LogP contribution in [0.5, 0.6) is 0 Å². The van der Waals surface area contributed by atoms with Crippen LogP contribution in [-0.2, 0) is 9.53 Å². The molecule has 1 amide bonds. The highest BCUT2D eigenvalue weighted by atomic mass is 32.1. The molecule has 0 saturated heterocycles. The van der Waals surface area contributed by atoms with Gasteiger partial charge in [-0.3, -0.25) is 9.59 Å². The van der Waals surface area contributed by atoms with Crippen LogP contribution in [0.15, 0.2) is 35.7 Å². The van der Waals surface area contributed by atoms with E-state index in [-0.39, 0.29) is 13.0 Å². The molecular weight excluding hydrogens is 319 g/mol. The van der Waals surface area contributed by atoms with Gasteiger partial charge in [0.25, 0.3) is 5.91 Å². The summed E-state index contributed by atoms with van der Waals surface area (Å²) < 4.78 is 18.0. The Morgan fingerprint density at radius 3 is 2.78 bits per heavy atom. The minimum atomic E-state index is -0.484. The minimum Gasteiger partial charge on any atom is -0.469 e. The number of amides is 1. The number of ether oxygens (including phenoxy) is 1. The summed E-state index contributed by atoms with van der Waals surface area (Å²) in [7, 11) is 1.26. The number of nitriles is 1. The lowest BCUT2D eigenvalue weighted by Gasteiger charge is -2.21. The highest BCUT2D eigenvalue weighted by Crippen LogP contribution is 2.22. The van der Waals surface area contributed by atoms with Crippen LogP contribution in [0.2, 0.25) is 0 Å². The SMILES string of the molecule is COC(=O)CCN(C(=O)c1cc(C#N)cs1)c1cccc(F)c1. The summed E-state index contributed by atoms with van der Waals surface area (Å²) >= 11 is 1.13. The average Bonchev–Trinajstić information content (AvgIpc) is 3.03. The summed E-state index contributed by atoms with van der Waals surface area (Å²) in [4.78, 5) is 25.6. The van der Waals surface area contributed by atoms with E-state index < -0.39 is 17.7 Å². The summed E-state index contributed by atoms with van der Waals surface area (Å²) in [5, 5.41) is 10.4. The first kappa shape index (κ1) is 16.6. The zero-order chi connectivity index (χ0) is 16.8. The fourth-order valence-corrected chi connectivity index (χ4v) is 2.72. The van der Waals surface area contributed by atoms with E-state index in [1.807, 2.05) is 6.07 Å². The van der Waals surface area contributed by atoms with Crippen molar-refractivity contribution in [1.29, 1.82) is 5.26 Å². The van der Waals surface area contributed by atoms with Gasteiger partial charge in [0.05, 0.1) is 24.0 Å². The quantitative estimate of drug-likeness (QED) is 0.789. The standard InChI is InChI=1S/C16H13FN2O3S/c1-22-15(20)5-6-19(13-4-2-3-12(17)8-13)16(21)14-7-11(9-18)10-23-14/h2-4,7-8,10H,5-6H2,1H3. The maximum atomic E-state index is 13.4. The van der Waals surface area contributed by atoms with Crippen LogP contribution in [0, 0.1) is 17.1 Å². The second kappa shape index (κ2) is 7.51. The summed E-state index contributed by atoms with van der Waals surface area (Å²) in [6, 6.07) is 8.97. The molecule has 0 saturated carbocycles. The van der Waals surface area contributed by atoms with Gasteiger partial charge >= 0.3 is 5.97 Å². The van der Waals surface area contributed by atoms with Crippen molar-refractivity contribution >= 4 is 28.9 Å². The molecule has 0 aliphatic rings. The molecule has 2 rings (SSSR count). The highest BCUT2D eigenvalue weighted by Gasteiger charge is 2.21. The Morgan fingerprint density at radius 2 is 2.17 bits per heavy atom. The molecule has 0 spiro atoms. The van der Waals surface area contributed by atoms with Gasteiger partial charge in [-0.15, -0.1) is 11.3 Å². The smallest absolute Gasteiger partial charge is 0.307 e. The van der Waals surface area contributed by atoms with Crippen molar-refractivity contribution in [1.82, 2.24) is 0 Å². The van der Waals surface area contributed by atoms with Gasteiger partial charge in [-0.1, -0.05) is 6.07 Å². The van der Waals surface area contributed by atoms with E-state index in [4.69, 9.17) is 5.26 Å². The molecule has 2 aromatic rings. The Bertz CT molecular complexity index is 767. The molecule has 0 aliphatic heterocycles. The van der Waals surface area contributed by atoms with Crippen molar-refractivity contribution in [3.8, 4) is 6.07 Å². The van der Waals surface area contributed by atoms with Crippen molar-refractivity contribution in [2.75, 3.05) is 18.6 Å². The fraction of sp³-hybridized carbons (Fsp3) is 0.188. The van der Waals surface area contributed by atoms with Crippen molar-refractivity contribution in [3.05, 3.63) is 52.0 Å². The van der Waals surface area contributed by atoms with Gasteiger partial charge in [-0.25, -0.2) is 4.39 Å². The van der Waals surface area contributed by atoms with Gasteiger partial charge < -0.3 is 9.64 Å². The maximum absolute atomic E-state index is 13.4. The van der Waals surface area contributed by atoms with Crippen molar-refractivity contribution < 1.29 is 18.7 Å². The fourth-order valence-electron chi connectivity index (χ4n) is 1.94. The van der Waals surface area contributed by atoms with E-state index in [0.717, 1.165) is 11.3 Å². The summed E-state index contributed by atoms with van der Waals surface area (Å²) in [5.74, 6) is -1.35. The molecule has 1 aromatic heterocycles. The summed E-state index contributed by atoms with van der Waals surface area (Å²) in [6.07, 6.45) is -0.0186. The number of carbonyl (C=O) groups is 2. The zero-order valence-electron chi connectivity index (χ0n) is 12.3. The average molecular weight is 332 g/mol. The van der Waals surface area contributed by atoms with E-state index >= 15 is 0 Å². The van der Waals surface area contributed by atoms with Crippen LogP contribution in [-0.4, -0.2) is 25.5 Å². The molecule has 1 aromatic carbocycles. The summed E-state index contributed by atoms with van der Waals surface area (Å²) in [6.45, 7) is 0.0503. The minimum absolute atomic E-state index is 0.0186. The number of hydrogen-bond acceptors (Lipinski definition) is 5. The number of benzene rings is 1. The van der Waals surface area contributed by atoms with Crippen LogP contribution in [0.3, 0.4) is 0 Å². The van der Waals surface area contributed by atoms with Crippen LogP contribution in [0.1, 0.15) is 21.7 Å². The highest BCUT2D eigenvalue weighted by molar-refractivity contribution is 7.12. The lowest BCUT2D eigenvalue weighted by Crippen LogP contribution is -2.32. The Hall–Kier alpha value is -2.72. The molecule has 23 heavy (non-hydrogen) atoms. The zero-order valence-corrected chi connectivity index (χ0v) is 13.1. The topological polar surface area (TPSA) is 70.4 Å². The molecule has 0 unspecified atom stereocenters. The Kier molecular flexibility index (Phi) is 5.44. The molecule has 0 radical (unpaired) electrons. The van der Waals surface area contributed by atoms with Crippen LogP contribution >= 0.6 is 11.3 Å². The largest absolute Gasteiger partial charge is 0.469 e. The van der Waals surface area contributed by atoms with Crippen LogP contribution in [0.4, 0.5) is 10.1 Å². The third-order valence-corrected chi connectivity index (χ3v) is 3.99. The number of nitrogens with zero attached hydrogens (tertiary/aromatic N) is 2. The second-order valence-electron chi connectivity index (χ2n) is 4.57. The first-order chi connectivity index (χ1) is 11.0. The number of methoxy groups -OCH3 is 1. The van der Waals surface area contributed by atoms with Gasteiger partial charge in [-0.2, -0.15) is 5.26 Å². The monoisotopic (exact) mass is 332 g/mol. The Balaban J connectivity index is 2.30. The molecule has 0 bridgehead atoms. The van der Waals surface area contributed by atoms with Gasteiger partial charge in [0.15, 0.2) is 0 Å². The Morgan fingerprint density at radius 1 is 1.39 bits per heavy atom. The summed E-state index contributed by atoms with van der Waals surface area (Å²) in [5.41, 5.74) is 0.719. The molecular formula is C16H13FN2O3S. The van der Waals surface area contributed by atoms with Gasteiger partial charge in [0.1, 0.15) is 11.9 Å². The van der Waals surface area contributed by atoms with Gasteiger partial charge in [-0.05, 0) is 24.3 Å². The van der Waals surface area contributed by atoms with E-state index in [9.17, 15) is 14.0 Å². The maximum Gasteiger partial charge on any atom is 0.307 e. The van der Waals surface area contributed by atoms with Crippen molar-refractivity contribution in [2.24, 2.45) is 0 Å². The van der Waals surface area contributed by atoms with Crippen LogP contribution < -0.4 is 4.90 Å². The molecule has 1 heterocycles. The second-order valence-corrected chi connectivity index (χ2v) is 5.49. The molecule has 5 nitrogen and oxygen atoms in total. The number of anilines is 1. The van der Waals surface area contributed by atoms with Gasteiger partial charge in [0, 0.05) is 17.6 Å². The third kappa shape index (κ3) is 4.14. The number of esters is 1. The van der Waals surface area contributed by atoms with Crippen LogP contribution in [0.25, 0.3) is 0 Å². The van der Waals surface area contributed by atoms with E-state index in [0.29, 0.717) is 16.1 Å². The van der Waals surface area contributed by atoms with E-state index in [1.54, 1.807) is 11.4 Å². The molecule has 118 valence electrons. The molecule has 0 aliphatic carbocycles. The Labute approximate surface area is 136 Å². The van der Waals surface area contributed by atoms with Crippen molar-refractivity contribution in [2.45, 2.75) is 6.42 Å². The number of hydrogen-bond donors (Lipinski definition) is 0. The normalized spacial score (nSPS) is 9.96. The first-order valence-electron chi connectivity index (χ1n) is 6.68. The van der Waals surface area contributed by atoms with Crippen molar-refractivity contribution in [3.63, 3.8) is 0 Å². The molecule has 0 fully saturated rings. The first-order valence-corrected chi connectivity index (χ1v) is 7.56. The predicted molar refractivity (Wildman–Crippen MR) is 83.7 cm³/mol. The molecule has 0 atom stereocenters. The van der Waals surface area contributed by atoms with Gasteiger partial charge in [0.2, 0.25) is 0 Å².